The van der Waals surface area contributed by atoms with E-state index in [0.717, 1.165) is 91.4 Å². The van der Waals surface area contributed by atoms with Gasteiger partial charge < -0.3 is 38.2 Å². The summed E-state index contributed by atoms with van der Waals surface area (Å²) in [5, 5.41) is 9.27. The number of ether oxygens (including phenoxy) is 5. The monoisotopic (exact) mass is 1140 g/mol. The molecule has 0 aromatic heterocycles. The zero-order valence-corrected chi connectivity index (χ0v) is 49.0. The Balaban J connectivity index is -0.000000896. The van der Waals surface area contributed by atoms with E-state index in [1.165, 1.54) is 91.9 Å². The first-order valence-electron chi connectivity index (χ1n) is 26.3. The molecule has 0 aromatic rings. The third-order valence-corrected chi connectivity index (χ3v) is 16.5. The van der Waals surface area contributed by atoms with Gasteiger partial charge in [0.1, 0.15) is 32.8 Å². The van der Waals surface area contributed by atoms with Gasteiger partial charge in [-0.25, -0.2) is 8.42 Å². The van der Waals surface area contributed by atoms with E-state index in [9.17, 15) is 67.2 Å². The summed E-state index contributed by atoms with van der Waals surface area (Å²) < 4.78 is 160. The average Bonchev–Trinajstić information content (AvgIpc) is 3.31. The molecule has 0 amide bonds. The van der Waals surface area contributed by atoms with Crippen molar-refractivity contribution in [3.05, 3.63) is 0 Å². The van der Waals surface area contributed by atoms with Crippen molar-refractivity contribution in [3.63, 3.8) is 0 Å². The maximum absolute atomic E-state index is 12.8. The molecule has 25 heteroatoms. The molecule has 2 heterocycles. The Labute approximate surface area is 445 Å². The molecule has 0 aromatic carbocycles. The van der Waals surface area contributed by atoms with Crippen LogP contribution in [-0.2, 0) is 58.3 Å². The van der Waals surface area contributed by atoms with Crippen LogP contribution in [0.25, 0.3) is 0 Å². The fourth-order valence-electron chi connectivity index (χ4n) is 6.01. The van der Waals surface area contributed by atoms with Gasteiger partial charge in [0, 0.05) is 32.5 Å². The van der Waals surface area contributed by atoms with Gasteiger partial charge in [0.2, 0.25) is 0 Å². The van der Waals surface area contributed by atoms with Crippen molar-refractivity contribution in [2.24, 2.45) is 5.41 Å². The molecular formula is C50H96F6N2O15S2. The van der Waals surface area contributed by atoms with E-state index in [1.54, 1.807) is 13.8 Å². The number of hydrogen-bond acceptors (Lipinski definition) is 15. The Hall–Kier alpha value is -2.39. The fraction of sp³-hybridized carbons (Fsp3) is 0.940. The number of hydrogen-bond donors (Lipinski definition) is 3. The quantitative estimate of drug-likeness (QED) is 0.0242. The molecule has 0 aliphatic carbocycles. The first-order valence-corrected chi connectivity index (χ1v) is 29.1. The first kappa shape index (κ1) is 76.8. The molecule has 0 bridgehead atoms. The SMILES string of the molecule is CCC(C)(C)C(=O)OC(C)(C)C(O)(C(F)(F)F)C(F)(F)F.CCC(C)(C)S(=O)(=O)O.CCC(C)(C)S(=O)(=O)[O-].CCCCCCCC(=O)OCCN1CCOCC1.CCCCCCCC(=O)OCC[NH+]1CCOCC1. The third-order valence-electron chi connectivity index (χ3n) is 13.2. The van der Waals surface area contributed by atoms with E-state index in [1.807, 2.05) is 0 Å². The number of esters is 3. The lowest BCUT2D eigenvalue weighted by atomic mass is 9.83. The van der Waals surface area contributed by atoms with E-state index >= 15 is 0 Å². The predicted octanol–water partition coefficient (Wildman–Crippen LogP) is 8.41. The molecule has 17 nitrogen and oxygen atoms in total. The van der Waals surface area contributed by atoms with Crippen molar-refractivity contribution in [1.29, 1.82) is 0 Å². The van der Waals surface area contributed by atoms with Crippen molar-refractivity contribution in [2.45, 2.75) is 219 Å². The number of carbonyl (C=O) groups is 3. The Bertz CT molecular complexity index is 1680. The van der Waals surface area contributed by atoms with Crippen molar-refractivity contribution < 1.29 is 100 Å². The number of nitrogens with one attached hydrogen (secondary N) is 1. The minimum absolute atomic E-state index is 0.0286. The zero-order chi connectivity index (χ0) is 59.0. The number of aliphatic hydroxyl groups is 1. The fourth-order valence-corrected chi connectivity index (χ4v) is 6.73. The molecule has 2 saturated heterocycles. The van der Waals surface area contributed by atoms with E-state index < -0.39 is 64.7 Å². The highest BCUT2D eigenvalue weighted by atomic mass is 32.2. The molecule has 0 radical (unpaired) electrons. The molecule has 2 aliphatic rings. The number of carbonyl (C=O) groups excluding carboxylic acids is 3. The van der Waals surface area contributed by atoms with Gasteiger partial charge in [-0.2, -0.15) is 34.8 Å². The lowest BCUT2D eigenvalue weighted by Gasteiger charge is -2.44. The van der Waals surface area contributed by atoms with Crippen LogP contribution in [0.15, 0.2) is 0 Å². The number of morpholine rings is 2. The Morgan fingerprint density at radius 3 is 1.35 bits per heavy atom. The maximum atomic E-state index is 12.8. The lowest BCUT2D eigenvalue weighted by Crippen LogP contribution is -3.14. The minimum Gasteiger partial charge on any atom is -0.748 e. The van der Waals surface area contributed by atoms with E-state index in [0.29, 0.717) is 52.7 Å². The summed E-state index contributed by atoms with van der Waals surface area (Å²) in [5.74, 6) is -1.33. The molecule has 0 saturated carbocycles. The topological polar surface area (TPSA) is 237 Å². The Morgan fingerprint density at radius 1 is 0.613 bits per heavy atom. The number of nitrogens with zero attached hydrogens (tertiary/aromatic N) is 1. The van der Waals surface area contributed by atoms with Crippen LogP contribution < -0.4 is 4.90 Å². The molecule has 0 unspecified atom stereocenters. The summed E-state index contributed by atoms with van der Waals surface area (Å²) in [6.07, 6.45) is 1.69. The van der Waals surface area contributed by atoms with E-state index in [-0.39, 0.29) is 18.4 Å². The van der Waals surface area contributed by atoms with Crippen molar-refractivity contribution in [2.75, 3.05) is 78.9 Å². The highest BCUT2D eigenvalue weighted by Gasteiger charge is 2.78. The van der Waals surface area contributed by atoms with Crippen LogP contribution in [0.3, 0.4) is 0 Å². The third kappa shape index (κ3) is 31.7. The summed E-state index contributed by atoms with van der Waals surface area (Å²) >= 11 is 0. The van der Waals surface area contributed by atoms with Gasteiger partial charge in [-0.3, -0.25) is 23.8 Å². The number of quaternary nitrogens is 1. The van der Waals surface area contributed by atoms with Gasteiger partial charge in [0.05, 0.1) is 51.5 Å². The first-order chi connectivity index (χ1) is 34.2. The van der Waals surface area contributed by atoms with Gasteiger partial charge >= 0.3 is 30.3 Å². The van der Waals surface area contributed by atoms with Crippen molar-refractivity contribution >= 4 is 38.1 Å². The summed E-state index contributed by atoms with van der Waals surface area (Å²) in [7, 11) is -7.95. The highest BCUT2D eigenvalue weighted by Crippen LogP contribution is 2.51. The number of alkyl halides is 6. The largest absolute Gasteiger partial charge is 0.748 e. The van der Waals surface area contributed by atoms with Crippen LogP contribution in [0.1, 0.15) is 186 Å². The molecule has 0 atom stereocenters. The predicted molar refractivity (Wildman–Crippen MR) is 274 cm³/mol. The van der Waals surface area contributed by atoms with Gasteiger partial charge in [-0.1, -0.05) is 86.0 Å². The molecular weight excluding hydrogens is 1050 g/mol. The second-order valence-corrected chi connectivity index (χ2v) is 24.9. The standard InChI is InChI=1S/2C14H27NO3.C12H18F6O3.2C5H12O3S/c2*1-2-3-4-5-6-7-14(16)18-13-10-15-8-11-17-12-9-15;1-6-8(2,3)7(19)21-9(4,5)10(20,11(13,14)15)12(16,17)18;2*1-4-5(2,3)9(6,7)8/h2*2-13H2,1H3;20H,6H2,1-5H3;2*4H2,1-3H3,(H,6,7,8). The highest BCUT2D eigenvalue weighted by molar-refractivity contribution is 7.87. The molecule has 2 aliphatic heterocycles. The molecule has 2 rings (SSSR count). The molecule has 3 N–H and O–H groups in total. The van der Waals surface area contributed by atoms with Gasteiger partial charge in [0.15, 0.2) is 5.60 Å². The number of unbranched alkanes of at least 4 members (excludes halogenated alkanes) is 8. The zero-order valence-electron chi connectivity index (χ0n) is 47.3. The average molecular weight is 1140 g/mol. The summed E-state index contributed by atoms with van der Waals surface area (Å²) in [5.41, 5.74) is -9.70. The second-order valence-electron chi connectivity index (χ2n) is 20.8. The van der Waals surface area contributed by atoms with Crippen LogP contribution >= 0.6 is 0 Å². The van der Waals surface area contributed by atoms with Gasteiger partial charge in [0.25, 0.3) is 15.7 Å². The summed E-state index contributed by atoms with van der Waals surface area (Å²) in [6, 6.07) is 0. The minimum atomic E-state index is -6.06. The van der Waals surface area contributed by atoms with E-state index in [4.69, 9.17) is 23.5 Å². The number of halogens is 6. The molecule has 75 heavy (non-hydrogen) atoms. The normalized spacial score (nSPS) is 15.5. The van der Waals surface area contributed by atoms with Crippen LogP contribution in [0.2, 0.25) is 0 Å². The van der Waals surface area contributed by atoms with E-state index in [2.05, 4.69) is 23.5 Å². The molecule has 0 spiro atoms. The van der Waals surface area contributed by atoms with Gasteiger partial charge in [-0.15, -0.1) is 0 Å². The number of rotatable bonds is 26. The van der Waals surface area contributed by atoms with Crippen LogP contribution in [-0.4, -0.2) is 166 Å². The summed E-state index contributed by atoms with van der Waals surface area (Å²) in [6.45, 7) is 28.6. The lowest BCUT2D eigenvalue weighted by molar-refractivity contribution is -0.908. The molecule has 2 fully saturated rings. The Morgan fingerprint density at radius 2 is 1.01 bits per heavy atom. The van der Waals surface area contributed by atoms with Crippen molar-refractivity contribution in [1.82, 2.24) is 4.90 Å². The van der Waals surface area contributed by atoms with Crippen LogP contribution in [0.5, 0.6) is 0 Å². The maximum Gasteiger partial charge on any atom is 0.430 e. The smallest absolute Gasteiger partial charge is 0.430 e. The van der Waals surface area contributed by atoms with Crippen LogP contribution in [0, 0.1) is 5.41 Å². The van der Waals surface area contributed by atoms with Crippen molar-refractivity contribution in [3.8, 4) is 0 Å². The van der Waals surface area contributed by atoms with Gasteiger partial charge in [-0.05, 0) is 87.5 Å². The van der Waals surface area contributed by atoms with Crippen LogP contribution in [0.4, 0.5) is 26.3 Å². The summed E-state index contributed by atoms with van der Waals surface area (Å²) in [4.78, 5) is 38.4. The Kier molecular flexibility index (Phi) is 37.6. The molecule has 450 valence electrons. The second kappa shape index (κ2) is 36.7.